The first-order valence-corrected chi connectivity index (χ1v) is 12.6. The van der Waals surface area contributed by atoms with Gasteiger partial charge in [-0.3, -0.25) is 29.4 Å². The first-order chi connectivity index (χ1) is 17.7. The Balaban J connectivity index is 1.38. The van der Waals surface area contributed by atoms with E-state index < -0.39 is 34.3 Å². The zero-order valence-electron chi connectivity index (χ0n) is 18.9. The predicted octanol–water partition coefficient (Wildman–Crippen LogP) is 5.59. The SMILES string of the molecule is O=C(CN1C(=O)S/C(=C/c2ccc(OCc3ccc([N+](=O)[O-])cc3)c(I)c2)C1=O)Nc1cccc(F)c1. The third kappa shape index (κ3) is 6.71. The molecule has 0 unspecified atom stereocenters. The molecule has 0 radical (unpaired) electrons. The number of benzene rings is 3. The number of ether oxygens (including phenoxy) is 1. The standard InChI is InChI=1S/C25H17FIN3O6S/c26-17-2-1-3-18(12-17)28-23(31)13-29-24(32)22(37-25(29)33)11-16-6-9-21(20(27)10-16)36-14-15-4-7-19(8-5-15)30(34)35/h1-12H,13-14H2,(H,28,31)/b22-11+. The van der Waals surface area contributed by atoms with Crippen LogP contribution < -0.4 is 10.1 Å². The highest BCUT2D eigenvalue weighted by molar-refractivity contribution is 14.1. The van der Waals surface area contributed by atoms with Gasteiger partial charge in [-0.05, 0) is 94.0 Å². The molecule has 0 spiro atoms. The van der Waals surface area contributed by atoms with E-state index in [1.807, 2.05) is 0 Å². The molecule has 0 saturated carbocycles. The summed E-state index contributed by atoms with van der Waals surface area (Å²) in [6.07, 6.45) is 1.55. The fourth-order valence-electron chi connectivity index (χ4n) is 3.30. The number of carbonyl (C=O) groups excluding carboxylic acids is 3. The van der Waals surface area contributed by atoms with Crippen LogP contribution in [0.25, 0.3) is 6.08 Å². The van der Waals surface area contributed by atoms with Gasteiger partial charge in [-0.2, -0.15) is 0 Å². The lowest BCUT2D eigenvalue weighted by Crippen LogP contribution is -2.36. The molecule has 0 atom stereocenters. The molecule has 3 amide bonds. The lowest BCUT2D eigenvalue weighted by atomic mass is 10.2. The van der Waals surface area contributed by atoms with Crippen LogP contribution in [0, 0.1) is 19.5 Å². The Morgan fingerprint density at radius 1 is 1.14 bits per heavy atom. The van der Waals surface area contributed by atoms with Crippen LogP contribution in [-0.2, 0) is 16.2 Å². The van der Waals surface area contributed by atoms with Crippen LogP contribution in [-0.4, -0.2) is 33.4 Å². The Morgan fingerprint density at radius 2 is 1.89 bits per heavy atom. The Morgan fingerprint density at radius 3 is 2.57 bits per heavy atom. The third-order valence-electron chi connectivity index (χ3n) is 5.08. The van der Waals surface area contributed by atoms with Crippen molar-refractivity contribution in [1.29, 1.82) is 0 Å². The number of hydrogen-bond acceptors (Lipinski definition) is 7. The maximum Gasteiger partial charge on any atom is 0.294 e. The predicted molar refractivity (Wildman–Crippen MR) is 144 cm³/mol. The van der Waals surface area contributed by atoms with E-state index in [9.17, 15) is 28.9 Å². The summed E-state index contributed by atoms with van der Waals surface area (Å²) < 4.78 is 19.9. The summed E-state index contributed by atoms with van der Waals surface area (Å²) in [5, 5.41) is 12.7. The first-order valence-electron chi connectivity index (χ1n) is 10.7. The summed E-state index contributed by atoms with van der Waals surface area (Å²) in [7, 11) is 0. The average Bonchev–Trinajstić information content (AvgIpc) is 3.11. The molecule has 188 valence electrons. The molecule has 0 aliphatic carbocycles. The number of rotatable bonds is 8. The van der Waals surface area contributed by atoms with E-state index in [0.29, 0.717) is 11.3 Å². The summed E-state index contributed by atoms with van der Waals surface area (Å²) in [5.74, 6) is -1.17. The summed E-state index contributed by atoms with van der Waals surface area (Å²) in [6, 6.07) is 16.6. The van der Waals surface area contributed by atoms with Crippen LogP contribution in [0.3, 0.4) is 0 Å². The van der Waals surface area contributed by atoms with E-state index in [4.69, 9.17) is 4.74 Å². The highest BCUT2D eigenvalue weighted by Crippen LogP contribution is 2.33. The third-order valence-corrected chi connectivity index (χ3v) is 6.83. The number of nitro groups is 1. The van der Waals surface area contributed by atoms with Crippen LogP contribution in [0.2, 0.25) is 0 Å². The minimum Gasteiger partial charge on any atom is -0.488 e. The van der Waals surface area contributed by atoms with Crippen LogP contribution >= 0.6 is 34.4 Å². The zero-order chi connectivity index (χ0) is 26.5. The van der Waals surface area contributed by atoms with Crippen LogP contribution in [0.1, 0.15) is 11.1 Å². The Hall–Kier alpha value is -3.78. The summed E-state index contributed by atoms with van der Waals surface area (Å²) in [4.78, 5) is 48.7. The van der Waals surface area contributed by atoms with Gasteiger partial charge in [0.15, 0.2) is 0 Å². The molecule has 3 aromatic carbocycles. The lowest BCUT2D eigenvalue weighted by Gasteiger charge is -2.12. The maximum atomic E-state index is 13.3. The van der Waals surface area contributed by atoms with Crippen molar-refractivity contribution < 1.29 is 28.4 Å². The Labute approximate surface area is 228 Å². The molecule has 1 heterocycles. The zero-order valence-corrected chi connectivity index (χ0v) is 21.8. The van der Waals surface area contributed by atoms with Crippen molar-refractivity contribution >= 4 is 68.9 Å². The van der Waals surface area contributed by atoms with Gasteiger partial charge in [-0.25, -0.2) is 4.39 Å². The quantitative estimate of drug-likeness (QED) is 0.149. The summed E-state index contributed by atoms with van der Waals surface area (Å²) in [5.41, 5.74) is 1.64. The van der Waals surface area contributed by atoms with E-state index in [-0.39, 0.29) is 22.9 Å². The van der Waals surface area contributed by atoms with E-state index in [2.05, 4.69) is 27.9 Å². The number of anilines is 1. The largest absolute Gasteiger partial charge is 0.488 e. The molecule has 1 aliphatic rings. The molecule has 1 fully saturated rings. The average molecular weight is 633 g/mol. The molecule has 9 nitrogen and oxygen atoms in total. The number of imide groups is 1. The minimum absolute atomic E-state index is 0.000638. The normalized spacial score (nSPS) is 14.2. The van der Waals surface area contributed by atoms with Crippen molar-refractivity contribution in [1.82, 2.24) is 4.90 Å². The lowest BCUT2D eigenvalue weighted by molar-refractivity contribution is -0.384. The van der Waals surface area contributed by atoms with Crippen LogP contribution in [0.5, 0.6) is 5.75 Å². The number of nitrogens with zero attached hydrogens (tertiary/aromatic N) is 2. The molecule has 4 rings (SSSR count). The Bertz CT molecular complexity index is 1430. The number of thioether (sulfide) groups is 1. The fourth-order valence-corrected chi connectivity index (χ4v) is 4.83. The van der Waals surface area contributed by atoms with Gasteiger partial charge >= 0.3 is 0 Å². The van der Waals surface area contributed by atoms with Crippen LogP contribution in [0.4, 0.5) is 20.6 Å². The van der Waals surface area contributed by atoms with Gasteiger partial charge in [0.2, 0.25) is 5.91 Å². The van der Waals surface area contributed by atoms with Crippen molar-refractivity contribution in [2.75, 3.05) is 11.9 Å². The van der Waals surface area contributed by atoms with Gasteiger partial charge < -0.3 is 10.1 Å². The number of carbonyl (C=O) groups is 3. The van der Waals surface area contributed by atoms with Crippen molar-refractivity contribution in [2.24, 2.45) is 0 Å². The second kappa shape index (κ2) is 11.5. The van der Waals surface area contributed by atoms with Gasteiger partial charge in [0.1, 0.15) is 24.7 Å². The summed E-state index contributed by atoms with van der Waals surface area (Å²) in [6.45, 7) is -0.282. The molecule has 1 aliphatic heterocycles. The number of non-ortho nitro benzene ring substituents is 1. The van der Waals surface area contributed by atoms with Crippen molar-refractivity contribution in [3.8, 4) is 5.75 Å². The van der Waals surface area contributed by atoms with E-state index in [1.165, 1.54) is 30.3 Å². The van der Waals surface area contributed by atoms with Crippen molar-refractivity contribution in [3.05, 3.63) is 102 Å². The molecule has 1 N–H and O–H groups in total. The number of nitrogens with one attached hydrogen (secondary N) is 1. The molecular formula is C25H17FIN3O6S. The number of nitro benzene ring substituents is 1. The van der Waals surface area contributed by atoms with Gasteiger partial charge in [-0.1, -0.05) is 12.1 Å². The van der Waals surface area contributed by atoms with E-state index >= 15 is 0 Å². The molecule has 1 saturated heterocycles. The van der Waals surface area contributed by atoms with Gasteiger partial charge in [0, 0.05) is 17.8 Å². The van der Waals surface area contributed by atoms with Gasteiger partial charge in [-0.15, -0.1) is 0 Å². The number of hydrogen-bond donors (Lipinski definition) is 1. The smallest absolute Gasteiger partial charge is 0.294 e. The molecule has 37 heavy (non-hydrogen) atoms. The second-order valence-electron chi connectivity index (χ2n) is 7.73. The minimum atomic E-state index is -0.627. The maximum absolute atomic E-state index is 13.3. The molecular weight excluding hydrogens is 616 g/mol. The number of amides is 3. The Kier molecular flexibility index (Phi) is 8.18. The topological polar surface area (TPSA) is 119 Å². The molecule has 0 bridgehead atoms. The van der Waals surface area contributed by atoms with Gasteiger partial charge in [0.25, 0.3) is 16.8 Å². The monoisotopic (exact) mass is 633 g/mol. The molecule has 12 heteroatoms. The highest BCUT2D eigenvalue weighted by atomic mass is 127. The van der Waals surface area contributed by atoms with Crippen LogP contribution in [0.15, 0.2) is 71.6 Å². The number of halogens is 2. The second-order valence-corrected chi connectivity index (χ2v) is 9.88. The highest BCUT2D eigenvalue weighted by Gasteiger charge is 2.36. The molecule has 3 aromatic rings. The van der Waals surface area contributed by atoms with Crippen molar-refractivity contribution in [3.63, 3.8) is 0 Å². The van der Waals surface area contributed by atoms with Gasteiger partial charge in [0.05, 0.1) is 13.4 Å². The molecule has 0 aromatic heterocycles. The first kappa shape index (κ1) is 26.3. The van der Waals surface area contributed by atoms with E-state index in [0.717, 1.165) is 31.9 Å². The fraction of sp³-hybridized carbons (Fsp3) is 0.0800. The van der Waals surface area contributed by atoms with Crippen molar-refractivity contribution in [2.45, 2.75) is 6.61 Å². The summed E-state index contributed by atoms with van der Waals surface area (Å²) >= 11 is 2.80. The van der Waals surface area contributed by atoms with E-state index in [1.54, 1.807) is 36.4 Å².